The van der Waals surface area contributed by atoms with Crippen LogP contribution in [0.15, 0.2) is 23.1 Å². The lowest BCUT2D eigenvalue weighted by Gasteiger charge is -2.30. The minimum absolute atomic E-state index is 0.208. The number of benzene rings is 1. The van der Waals surface area contributed by atoms with Crippen molar-refractivity contribution >= 4 is 25.9 Å². The van der Waals surface area contributed by atoms with Crippen molar-refractivity contribution in [2.45, 2.75) is 69.1 Å². The molecule has 38 heavy (non-hydrogen) atoms. The minimum Gasteiger partial charge on any atom is -0.378 e. The quantitative estimate of drug-likeness (QED) is 0.312. The summed E-state index contributed by atoms with van der Waals surface area (Å²) in [5.41, 5.74) is 0.595. The first-order chi connectivity index (χ1) is 18.1. The zero-order valence-corrected chi connectivity index (χ0v) is 24.6. The second kappa shape index (κ2) is 14.9. The van der Waals surface area contributed by atoms with Crippen molar-refractivity contribution in [1.82, 2.24) is 18.6 Å². The number of piperidine rings is 1. The number of hydrogen-bond acceptors (Lipinski definition) is 6. The zero-order chi connectivity index (χ0) is 27.6. The summed E-state index contributed by atoms with van der Waals surface area (Å²) in [6.45, 7) is 4.14. The van der Waals surface area contributed by atoms with E-state index in [1.54, 1.807) is 29.4 Å². The smallest absolute Gasteiger partial charge is 0.279 e. The number of nitrogens with zero attached hydrogens (tertiary/aromatic N) is 3. The van der Waals surface area contributed by atoms with Gasteiger partial charge in [-0.3, -0.25) is 0 Å². The maximum atomic E-state index is 14.5. The summed E-state index contributed by atoms with van der Waals surface area (Å²) in [7, 11) is -3.84. The predicted octanol–water partition coefficient (Wildman–Crippen LogP) is 3.15. The Morgan fingerprint density at radius 1 is 0.895 bits per heavy atom. The van der Waals surface area contributed by atoms with Gasteiger partial charge in [0.05, 0.1) is 0 Å². The Labute approximate surface area is 229 Å². The van der Waals surface area contributed by atoms with Gasteiger partial charge in [0.2, 0.25) is 10.0 Å². The fourth-order valence-electron chi connectivity index (χ4n) is 5.30. The van der Waals surface area contributed by atoms with Gasteiger partial charge in [-0.15, -0.1) is 0 Å². The van der Waals surface area contributed by atoms with Crippen LogP contribution in [0.1, 0.15) is 64.2 Å². The van der Waals surface area contributed by atoms with Crippen LogP contribution < -0.4 is 14.3 Å². The summed E-state index contributed by atoms with van der Waals surface area (Å²) >= 11 is 0. The molecule has 2 N–H and O–H groups in total. The number of nitrogens with one attached hydrogen (secondary N) is 2. The Hall–Kier alpha value is -1.31. The van der Waals surface area contributed by atoms with Gasteiger partial charge in [-0.2, -0.15) is 12.7 Å². The molecule has 1 aromatic carbocycles. The van der Waals surface area contributed by atoms with E-state index in [1.807, 2.05) is 0 Å². The molecule has 0 radical (unpaired) electrons. The lowest BCUT2D eigenvalue weighted by atomic mass is 9.89. The molecule has 0 bridgehead atoms. The topological polar surface area (TPSA) is 102 Å². The van der Waals surface area contributed by atoms with Crippen LogP contribution in [0.5, 0.6) is 0 Å². The molecule has 9 nitrogen and oxygen atoms in total. The van der Waals surface area contributed by atoms with Crippen LogP contribution in [0, 0.1) is 11.7 Å². The van der Waals surface area contributed by atoms with Gasteiger partial charge in [-0.1, -0.05) is 25.7 Å². The SMILES string of the molecule is CN(C)c1ccc(S(=O)(=O)NCCCN(CCCNS(=O)(=O)N2CCCCC2)CC2CCCCC2)c(F)c1. The largest absolute Gasteiger partial charge is 0.378 e. The highest BCUT2D eigenvalue weighted by molar-refractivity contribution is 7.89. The fourth-order valence-corrected chi connectivity index (χ4v) is 7.76. The van der Waals surface area contributed by atoms with Crippen LogP contribution in [0.4, 0.5) is 10.1 Å². The van der Waals surface area contributed by atoms with Crippen LogP contribution in [-0.4, -0.2) is 85.9 Å². The molecule has 1 aliphatic heterocycles. The van der Waals surface area contributed by atoms with E-state index in [0.29, 0.717) is 50.6 Å². The van der Waals surface area contributed by atoms with Crippen LogP contribution in [0.25, 0.3) is 0 Å². The van der Waals surface area contributed by atoms with Crippen molar-refractivity contribution in [1.29, 1.82) is 0 Å². The van der Waals surface area contributed by atoms with Crippen LogP contribution >= 0.6 is 0 Å². The van der Waals surface area contributed by atoms with Gasteiger partial charge in [0.15, 0.2) is 0 Å². The monoisotopic (exact) mass is 575 g/mol. The first-order valence-electron chi connectivity index (χ1n) is 14.0. The maximum absolute atomic E-state index is 14.5. The van der Waals surface area contributed by atoms with Crippen molar-refractivity contribution in [3.05, 3.63) is 24.0 Å². The maximum Gasteiger partial charge on any atom is 0.279 e. The third kappa shape index (κ3) is 9.71. The molecule has 0 aromatic heterocycles. The highest BCUT2D eigenvalue weighted by Crippen LogP contribution is 2.25. The Morgan fingerprint density at radius 3 is 2.11 bits per heavy atom. The molecule has 218 valence electrons. The molecule has 12 heteroatoms. The zero-order valence-electron chi connectivity index (χ0n) is 23.0. The van der Waals surface area contributed by atoms with Gasteiger partial charge in [0.25, 0.3) is 10.2 Å². The normalized spacial score (nSPS) is 18.2. The molecule has 0 unspecified atom stereocenters. The number of rotatable bonds is 15. The molecule has 1 aromatic rings. The standard InChI is InChI=1S/C26H46FN5O4S2/c1-30(2)24-13-14-26(25(27)21-24)37(33,34)28-15-9-17-31(22-23-11-5-3-6-12-23)18-10-16-29-38(35,36)32-19-7-4-8-20-32/h13-14,21,23,28-29H,3-12,15-20,22H2,1-2H3. The van der Waals surface area contributed by atoms with Gasteiger partial charge in [0, 0.05) is 52.5 Å². The predicted molar refractivity (Wildman–Crippen MR) is 151 cm³/mol. The molecule has 1 saturated carbocycles. The highest BCUT2D eigenvalue weighted by Gasteiger charge is 2.24. The van der Waals surface area contributed by atoms with Gasteiger partial charge >= 0.3 is 0 Å². The number of sulfonamides is 1. The molecule has 0 atom stereocenters. The summed E-state index contributed by atoms with van der Waals surface area (Å²) in [6.07, 6.45) is 10.3. The first kappa shape index (κ1) is 31.2. The lowest BCUT2D eigenvalue weighted by molar-refractivity contribution is 0.197. The van der Waals surface area contributed by atoms with Crippen LogP contribution in [-0.2, 0) is 20.2 Å². The summed E-state index contributed by atoms with van der Waals surface area (Å²) in [5.74, 6) is -0.149. The van der Waals surface area contributed by atoms with E-state index >= 15 is 0 Å². The molecule has 2 fully saturated rings. The second-order valence-corrected chi connectivity index (χ2v) is 14.3. The van der Waals surface area contributed by atoms with E-state index in [2.05, 4.69) is 14.3 Å². The van der Waals surface area contributed by atoms with Crippen LogP contribution in [0.2, 0.25) is 0 Å². The van der Waals surface area contributed by atoms with Crippen molar-refractivity contribution < 1.29 is 21.2 Å². The van der Waals surface area contributed by atoms with Gasteiger partial charge in [0.1, 0.15) is 10.7 Å². The number of anilines is 1. The van der Waals surface area contributed by atoms with Crippen molar-refractivity contribution in [2.24, 2.45) is 5.92 Å². The highest BCUT2D eigenvalue weighted by atomic mass is 32.2. The molecule has 0 amide bonds. The molecule has 1 saturated heterocycles. The Balaban J connectivity index is 1.48. The average Bonchev–Trinajstić information content (AvgIpc) is 2.89. The fraction of sp³-hybridized carbons (Fsp3) is 0.769. The van der Waals surface area contributed by atoms with E-state index in [0.717, 1.165) is 32.4 Å². The van der Waals surface area contributed by atoms with E-state index in [1.165, 1.54) is 44.2 Å². The summed E-state index contributed by atoms with van der Waals surface area (Å²) in [5, 5.41) is 0. The summed E-state index contributed by atoms with van der Waals surface area (Å²) in [4.78, 5) is 3.70. The molecule has 0 spiro atoms. The van der Waals surface area contributed by atoms with E-state index < -0.39 is 26.0 Å². The summed E-state index contributed by atoms with van der Waals surface area (Å²) < 4.78 is 71.8. The summed E-state index contributed by atoms with van der Waals surface area (Å²) in [6, 6.07) is 4.11. The third-order valence-electron chi connectivity index (χ3n) is 7.50. The van der Waals surface area contributed by atoms with E-state index in [9.17, 15) is 21.2 Å². The molecule has 2 aliphatic rings. The second-order valence-electron chi connectivity index (χ2n) is 10.8. The Bertz CT molecular complexity index is 1070. The average molecular weight is 576 g/mol. The van der Waals surface area contributed by atoms with Crippen molar-refractivity contribution in [3.8, 4) is 0 Å². The van der Waals surface area contributed by atoms with E-state index in [-0.39, 0.29) is 11.4 Å². The van der Waals surface area contributed by atoms with Gasteiger partial charge in [-0.05, 0) is 75.7 Å². The molecular formula is C26H46FN5O4S2. The third-order valence-corrected chi connectivity index (χ3v) is 10.6. The minimum atomic E-state index is -3.95. The molecular weight excluding hydrogens is 529 g/mol. The Morgan fingerprint density at radius 2 is 1.50 bits per heavy atom. The van der Waals surface area contributed by atoms with Gasteiger partial charge in [-0.25, -0.2) is 22.3 Å². The first-order valence-corrected chi connectivity index (χ1v) is 16.9. The van der Waals surface area contributed by atoms with Gasteiger partial charge < -0.3 is 9.80 Å². The Kier molecular flexibility index (Phi) is 12.2. The van der Waals surface area contributed by atoms with Crippen molar-refractivity contribution in [2.75, 3.05) is 64.8 Å². The van der Waals surface area contributed by atoms with E-state index in [4.69, 9.17) is 0 Å². The van der Waals surface area contributed by atoms with Crippen molar-refractivity contribution in [3.63, 3.8) is 0 Å². The molecule has 3 rings (SSSR count). The number of halogens is 1. The lowest BCUT2D eigenvalue weighted by Crippen LogP contribution is -2.44. The molecule has 1 heterocycles. The molecule has 1 aliphatic carbocycles. The van der Waals surface area contributed by atoms with Crippen LogP contribution in [0.3, 0.4) is 0 Å². The number of hydrogen-bond donors (Lipinski definition) is 2.